The van der Waals surface area contributed by atoms with E-state index in [0.717, 1.165) is 0 Å². The summed E-state index contributed by atoms with van der Waals surface area (Å²) in [7, 11) is 1.50. The summed E-state index contributed by atoms with van der Waals surface area (Å²) < 4.78 is 10.0. The highest BCUT2D eigenvalue weighted by Crippen LogP contribution is 2.36. The number of hydrogen-bond acceptors (Lipinski definition) is 5. The maximum Gasteiger partial charge on any atom is 0.339 e. The van der Waals surface area contributed by atoms with Crippen LogP contribution in [0.15, 0.2) is 28.8 Å². The fourth-order valence-corrected chi connectivity index (χ4v) is 1.60. The second-order valence-corrected chi connectivity index (χ2v) is 3.39. The van der Waals surface area contributed by atoms with Gasteiger partial charge in [-0.2, -0.15) is 0 Å². The number of nitro groups is 1. The van der Waals surface area contributed by atoms with Crippen molar-refractivity contribution in [2.45, 2.75) is 6.92 Å². The number of aromatic nitrogens is 1. The van der Waals surface area contributed by atoms with Gasteiger partial charge in [-0.15, -0.1) is 0 Å². The van der Waals surface area contributed by atoms with Crippen LogP contribution in [0.4, 0.5) is 5.69 Å². The standard InChI is InChI=1S/C11H10N2O4/c1-7-11(13(14)15)10(12-17-7)8-5-3-4-6-9(8)16-2/h3-6H,1-2H3. The minimum absolute atomic E-state index is 0.130. The average molecular weight is 234 g/mol. The second kappa shape index (κ2) is 4.25. The summed E-state index contributed by atoms with van der Waals surface area (Å²) in [6.07, 6.45) is 0. The molecule has 1 aromatic heterocycles. The van der Waals surface area contributed by atoms with E-state index in [2.05, 4.69) is 5.16 Å². The minimum atomic E-state index is -0.506. The molecule has 0 radical (unpaired) electrons. The molecular weight excluding hydrogens is 224 g/mol. The van der Waals surface area contributed by atoms with Crippen LogP contribution in [-0.2, 0) is 0 Å². The van der Waals surface area contributed by atoms with E-state index in [1.54, 1.807) is 24.3 Å². The number of benzene rings is 1. The number of ether oxygens (including phenoxy) is 1. The fourth-order valence-electron chi connectivity index (χ4n) is 1.60. The van der Waals surface area contributed by atoms with E-state index in [9.17, 15) is 10.1 Å². The van der Waals surface area contributed by atoms with Gasteiger partial charge in [0.2, 0.25) is 5.76 Å². The molecule has 0 atom stereocenters. The van der Waals surface area contributed by atoms with Crippen molar-refractivity contribution >= 4 is 5.69 Å². The number of para-hydroxylation sites is 1. The third-order valence-corrected chi connectivity index (χ3v) is 2.38. The van der Waals surface area contributed by atoms with Crippen molar-refractivity contribution in [3.63, 3.8) is 0 Å². The van der Waals surface area contributed by atoms with Crippen molar-refractivity contribution < 1.29 is 14.2 Å². The lowest BCUT2D eigenvalue weighted by atomic mass is 10.1. The first-order valence-corrected chi connectivity index (χ1v) is 4.89. The molecule has 0 aliphatic carbocycles. The van der Waals surface area contributed by atoms with E-state index in [1.807, 2.05) is 0 Å². The first kappa shape index (κ1) is 11.1. The summed E-state index contributed by atoms with van der Waals surface area (Å²) >= 11 is 0. The molecule has 1 aromatic carbocycles. The van der Waals surface area contributed by atoms with Gasteiger partial charge in [0.15, 0.2) is 5.69 Å². The Hall–Kier alpha value is -2.37. The van der Waals surface area contributed by atoms with Crippen molar-refractivity contribution in [1.29, 1.82) is 0 Å². The smallest absolute Gasteiger partial charge is 0.339 e. The Labute approximate surface area is 97.0 Å². The van der Waals surface area contributed by atoms with Gasteiger partial charge >= 0.3 is 5.69 Å². The molecule has 2 rings (SSSR count). The summed E-state index contributed by atoms with van der Waals surface area (Å²) in [5.74, 6) is 0.694. The van der Waals surface area contributed by atoms with Crippen molar-refractivity contribution in [1.82, 2.24) is 5.16 Å². The molecule has 0 saturated heterocycles. The molecule has 6 nitrogen and oxygen atoms in total. The van der Waals surface area contributed by atoms with E-state index >= 15 is 0 Å². The monoisotopic (exact) mass is 234 g/mol. The van der Waals surface area contributed by atoms with Crippen LogP contribution in [0.25, 0.3) is 11.3 Å². The number of methoxy groups -OCH3 is 1. The van der Waals surface area contributed by atoms with Crippen molar-refractivity contribution in [2.75, 3.05) is 7.11 Å². The zero-order valence-electron chi connectivity index (χ0n) is 9.34. The van der Waals surface area contributed by atoms with Crippen LogP contribution in [-0.4, -0.2) is 17.2 Å². The lowest BCUT2D eigenvalue weighted by Gasteiger charge is -2.04. The van der Waals surface area contributed by atoms with Crippen LogP contribution >= 0.6 is 0 Å². The topological polar surface area (TPSA) is 78.4 Å². The second-order valence-electron chi connectivity index (χ2n) is 3.39. The normalized spacial score (nSPS) is 10.2. The van der Waals surface area contributed by atoms with Gasteiger partial charge in [0.05, 0.1) is 17.6 Å². The third kappa shape index (κ3) is 1.84. The highest BCUT2D eigenvalue weighted by molar-refractivity contribution is 5.75. The quantitative estimate of drug-likeness (QED) is 0.602. The minimum Gasteiger partial charge on any atom is -0.496 e. The maximum absolute atomic E-state index is 10.9. The molecule has 17 heavy (non-hydrogen) atoms. The van der Waals surface area contributed by atoms with Crippen LogP contribution in [0, 0.1) is 17.0 Å². The zero-order valence-corrected chi connectivity index (χ0v) is 9.34. The third-order valence-electron chi connectivity index (χ3n) is 2.38. The van der Waals surface area contributed by atoms with Crippen molar-refractivity contribution in [3.05, 3.63) is 40.1 Å². The van der Waals surface area contributed by atoms with Gasteiger partial charge < -0.3 is 9.26 Å². The fraction of sp³-hybridized carbons (Fsp3) is 0.182. The Bertz CT molecular complexity index is 562. The summed E-state index contributed by atoms with van der Waals surface area (Å²) in [5.41, 5.74) is 0.595. The van der Waals surface area contributed by atoms with E-state index in [1.165, 1.54) is 14.0 Å². The lowest BCUT2D eigenvalue weighted by molar-refractivity contribution is -0.385. The molecular formula is C11H10N2O4. The summed E-state index contributed by atoms with van der Waals surface area (Å²) in [4.78, 5) is 10.4. The molecule has 0 unspecified atom stereocenters. The molecule has 0 saturated carbocycles. The van der Waals surface area contributed by atoms with Gasteiger partial charge in [-0.1, -0.05) is 17.3 Å². The van der Waals surface area contributed by atoms with Gasteiger partial charge in [0.25, 0.3) is 0 Å². The van der Waals surface area contributed by atoms with Gasteiger partial charge in [0, 0.05) is 6.92 Å². The summed E-state index contributed by atoms with van der Waals surface area (Å²) in [6, 6.07) is 6.94. The molecule has 0 spiro atoms. The van der Waals surface area contributed by atoms with E-state index in [0.29, 0.717) is 11.3 Å². The van der Waals surface area contributed by atoms with E-state index < -0.39 is 4.92 Å². The SMILES string of the molecule is COc1ccccc1-c1noc(C)c1[N+](=O)[O-]. The molecule has 0 bridgehead atoms. The molecule has 0 N–H and O–H groups in total. The number of rotatable bonds is 3. The first-order valence-electron chi connectivity index (χ1n) is 4.89. The zero-order chi connectivity index (χ0) is 12.4. The Balaban J connectivity index is 2.65. The number of nitrogens with zero attached hydrogens (tertiary/aromatic N) is 2. The lowest BCUT2D eigenvalue weighted by Crippen LogP contribution is -1.93. The summed E-state index contributed by atoms with van der Waals surface area (Å²) in [6.45, 7) is 1.50. The molecule has 1 heterocycles. The van der Waals surface area contributed by atoms with Crippen molar-refractivity contribution in [2.24, 2.45) is 0 Å². The summed E-state index contributed by atoms with van der Waals surface area (Å²) in [5, 5.41) is 14.7. The van der Waals surface area contributed by atoms with Crippen LogP contribution in [0.2, 0.25) is 0 Å². The van der Waals surface area contributed by atoms with E-state index in [-0.39, 0.29) is 17.1 Å². The molecule has 0 amide bonds. The molecule has 2 aromatic rings. The highest BCUT2D eigenvalue weighted by Gasteiger charge is 2.26. The van der Waals surface area contributed by atoms with Gasteiger partial charge in [-0.25, -0.2) is 0 Å². The molecule has 88 valence electrons. The van der Waals surface area contributed by atoms with Gasteiger partial charge in [-0.05, 0) is 12.1 Å². The largest absolute Gasteiger partial charge is 0.496 e. The predicted molar refractivity (Wildman–Crippen MR) is 59.9 cm³/mol. The molecule has 0 aliphatic rings. The van der Waals surface area contributed by atoms with Crippen LogP contribution in [0.1, 0.15) is 5.76 Å². The Kier molecular flexibility index (Phi) is 2.78. The molecule has 0 fully saturated rings. The van der Waals surface area contributed by atoms with E-state index in [4.69, 9.17) is 9.26 Å². The van der Waals surface area contributed by atoms with Gasteiger partial charge in [-0.3, -0.25) is 10.1 Å². The average Bonchev–Trinajstić information content (AvgIpc) is 2.71. The van der Waals surface area contributed by atoms with Crippen molar-refractivity contribution in [3.8, 4) is 17.0 Å². The van der Waals surface area contributed by atoms with Crippen LogP contribution in [0.5, 0.6) is 5.75 Å². The molecule has 0 aliphatic heterocycles. The Morgan fingerprint density at radius 1 is 1.41 bits per heavy atom. The first-order chi connectivity index (χ1) is 8.15. The Morgan fingerprint density at radius 2 is 2.12 bits per heavy atom. The van der Waals surface area contributed by atoms with Crippen LogP contribution < -0.4 is 4.74 Å². The molecule has 6 heteroatoms. The number of aryl methyl sites for hydroxylation is 1. The number of hydrogen-bond donors (Lipinski definition) is 0. The predicted octanol–water partition coefficient (Wildman–Crippen LogP) is 2.57. The van der Waals surface area contributed by atoms with Gasteiger partial charge in [0.1, 0.15) is 5.75 Å². The maximum atomic E-state index is 10.9. The highest BCUT2D eigenvalue weighted by atomic mass is 16.6. The Morgan fingerprint density at radius 3 is 2.76 bits per heavy atom. The van der Waals surface area contributed by atoms with Crippen LogP contribution in [0.3, 0.4) is 0 Å².